The molecule has 0 aromatic carbocycles. The first kappa shape index (κ1) is 23.5. The zero-order chi connectivity index (χ0) is 21.2. The minimum atomic E-state index is -0.774. The normalized spacial score (nSPS) is 22.7. The van der Waals surface area contributed by atoms with Gasteiger partial charge in [-0.1, -0.05) is 51.5 Å². The van der Waals surface area contributed by atoms with E-state index in [0.29, 0.717) is 25.0 Å². The summed E-state index contributed by atoms with van der Waals surface area (Å²) in [4.78, 5) is 27.4. The second-order valence-corrected chi connectivity index (χ2v) is 8.24. The summed E-state index contributed by atoms with van der Waals surface area (Å²) in [5.41, 5.74) is 1.49. The zero-order valence-electron chi connectivity index (χ0n) is 17.4. The van der Waals surface area contributed by atoms with Crippen LogP contribution < -0.4 is 0 Å². The lowest BCUT2D eigenvalue weighted by Crippen LogP contribution is -2.20. The Morgan fingerprint density at radius 2 is 1.93 bits per heavy atom. The molecule has 1 fully saturated rings. The maximum Gasteiger partial charge on any atom is 0.303 e. The number of carboxylic acids is 1. The summed E-state index contributed by atoms with van der Waals surface area (Å²) in [6, 6.07) is 3.70. The van der Waals surface area contributed by atoms with Crippen molar-refractivity contribution < 1.29 is 24.9 Å². The molecule has 1 aliphatic carbocycles. The molecule has 6 heteroatoms. The van der Waals surface area contributed by atoms with Crippen molar-refractivity contribution in [3.8, 4) is 0 Å². The second kappa shape index (κ2) is 12.0. The molecular formula is C23H35NO5. The van der Waals surface area contributed by atoms with Crippen LogP contribution in [0.3, 0.4) is 0 Å². The van der Waals surface area contributed by atoms with Crippen LogP contribution in [0.1, 0.15) is 101 Å². The van der Waals surface area contributed by atoms with Gasteiger partial charge in [-0.15, -0.1) is 0 Å². The first-order valence-corrected chi connectivity index (χ1v) is 11.0. The van der Waals surface area contributed by atoms with Gasteiger partial charge in [0.25, 0.3) is 0 Å². The van der Waals surface area contributed by atoms with Crippen LogP contribution in [0.2, 0.25) is 0 Å². The van der Waals surface area contributed by atoms with Gasteiger partial charge in [0.05, 0.1) is 12.2 Å². The summed E-state index contributed by atoms with van der Waals surface area (Å²) in [5.74, 6) is -1.23. The Morgan fingerprint density at radius 1 is 1.17 bits per heavy atom. The molecule has 3 unspecified atom stereocenters. The fourth-order valence-corrected chi connectivity index (χ4v) is 4.26. The van der Waals surface area contributed by atoms with Crippen LogP contribution in [0, 0.1) is 5.92 Å². The van der Waals surface area contributed by atoms with E-state index in [1.165, 1.54) is 0 Å². The Hall–Kier alpha value is -1.79. The second-order valence-electron chi connectivity index (χ2n) is 8.24. The molecule has 1 aromatic rings. The van der Waals surface area contributed by atoms with E-state index in [9.17, 15) is 19.8 Å². The fourth-order valence-electron chi connectivity index (χ4n) is 4.26. The van der Waals surface area contributed by atoms with Gasteiger partial charge >= 0.3 is 5.97 Å². The van der Waals surface area contributed by atoms with E-state index in [1.54, 1.807) is 6.20 Å². The number of hydrogen-bond acceptors (Lipinski definition) is 5. The van der Waals surface area contributed by atoms with Gasteiger partial charge in [-0.2, -0.15) is 0 Å². The van der Waals surface area contributed by atoms with Gasteiger partial charge in [-0.25, -0.2) is 0 Å². The van der Waals surface area contributed by atoms with Crippen molar-refractivity contribution in [2.45, 2.75) is 95.7 Å². The van der Waals surface area contributed by atoms with Crippen LogP contribution in [0.15, 0.2) is 18.3 Å². The van der Waals surface area contributed by atoms with E-state index in [4.69, 9.17) is 5.11 Å². The number of rotatable bonds is 13. The topological polar surface area (TPSA) is 108 Å². The monoisotopic (exact) mass is 405 g/mol. The highest BCUT2D eigenvalue weighted by Gasteiger charge is 2.42. The molecule has 0 radical (unpaired) electrons. The standard InChI is InChI=1S/C23H35NO5/c1-2-3-6-10-19(25)16-12-13-18(24-15-16)23-17(20(26)14-21(23)27)9-7-4-5-8-11-22(28)29/h12-13,15,17,19,21,23,25,27H,2-11,14H2,1H3,(H,28,29)/t17?,19?,21-,23?/m1/s1. The van der Waals surface area contributed by atoms with Crippen LogP contribution in [-0.2, 0) is 9.59 Å². The molecule has 1 aliphatic rings. The molecule has 1 saturated carbocycles. The molecule has 0 bridgehead atoms. The van der Waals surface area contributed by atoms with E-state index in [2.05, 4.69) is 11.9 Å². The Bertz CT molecular complexity index is 645. The van der Waals surface area contributed by atoms with E-state index < -0.39 is 18.2 Å². The largest absolute Gasteiger partial charge is 0.481 e. The van der Waals surface area contributed by atoms with Gasteiger partial charge in [0.2, 0.25) is 0 Å². The van der Waals surface area contributed by atoms with Gasteiger partial charge in [-0.05, 0) is 30.9 Å². The molecular weight excluding hydrogens is 370 g/mol. The molecule has 0 amide bonds. The van der Waals surface area contributed by atoms with Gasteiger partial charge in [0.15, 0.2) is 0 Å². The Kier molecular flexibility index (Phi) is 9.74. The summed E-state index contributed by atoms with van der Waals surface area (Å²) in [6.45, 7) is 2.13. The van der Waals surface area contributed by atoms with Crippen molar-refractivity contribution in [2.24, 2.45) is 5.92 Å². The lowest BCUT2D eigenvalue weighted by Gasteiger charge is -2.21. The molecule has 0 spiro atoms. The first-order chi connectivity index (χ1) is 13.9. The molecule has 3 N–H and O–H groups in total. The highest BCUT2D eigenvalue weighted by molar-refractivity contribution is 5.85. The van der Waals surface area contributed by atoms with Gasteiger partial charge in [0, 0.05) is 36.6 Å². The molecule has 1 aromatic heterocycles. The molecule has 29 heavy (non-hydrogen) atoms. The van der Waals surface area contributed by atoms with Crippen LogP contribution >= 0.6 is 0 Å². The number of pyridine rings is 1. The minimum absolute atomic E-state index is 0.0820. The van der Waals surface area contributed by atoms with Crippen LogP contribution in [-0.4, -0.2) is 38.2 Å². The van der Waals surface area contributed by atoms with Gasteiger partial charge < -0.3 is 15.3 Å². The molecule has 4 atom stereocenters. The third-order valence-corrected chi connectivity index (χ3v) is 5.94. The summed E-state index contributed by atoms with van der Waals surface area (Å²) in [5, 5.41) is 29.4. The molecule has 6 nitrogen and oxygen atoms in total. The number of nitrogens with zero attached hydrogens (tertiary/aromatic N) is 1. The van der Waals surface area contributed by atoms with Crippen molar-refractivity contribution in [3.63, 3.8) is 0 Å². The predicted octanol–water partition coefficient (Wildman–Crippen LogP) is 4.15. The van der Waals surface area contributed by atoms with Crippen molar-refractivity contribution in [1.29, 1.82) is 0 Å². The number of aliphatic hydroxyl groups excluding tert-OH is 2. The van der Waals surface area contributed by atoms with Crippen LogP contribution in [0.5, 0.6) is 0 Å². The number of ketones is 1. The fraction of sp³-hybridized carbons (Fsp3) is 0.696. The Labute approximate surface area is 173 Å². The predicted molar refractivity (Wildman–Crippen MR) is 111 cm³/mol. The Balaban J connectivity index is 1.91. The van der Waals surface area contributed by atoms with Crippen LogP contribution in [0.4, 0.5) is 0 Å². The molecule has 2 rings (SSSR count). The van der Waals surface area contributed by atoms with Crippen molar-refractivity contribution in [3.05, 3.63) is 29.6 Å². The smallest absolute Gasteiger partial charge is 0.303 e. The molecule has 1 heterocycles. The maximum absolute atomic E-state index is 12.4. The number of carboxylic acid groups (broad SMARTS) is 1. The minimum Gasteiger partial charge on any atom is -0.481 e. The maximum atomic E-state index is 12.4. The quantitative estimate of drug-likeness (QED) is 0.425. The average Bonchev–Trinajstić information content (AvgIpc) is 2.97. The molecule has 162 valence electrons. The lowest BCUT2D eigenvalue weighted by atomic mass is 9.86. The van der Waals surface area contributed by atoms with E-state index in [-0.39, 0.29) is 30.5 Å². The highest BCUT2D eigenvalue weighted by Crippen LogP contribution is 2.40. The first-order valence-electron chi connectivity index (χ1n) is 11.0. The third-order valence-electron chi connectivity index (χ3n) is 5.94. The SMILES string of the molecule is CCCCCC(O)c1ccc(C2C(CCCCCCC(=O)O)C(=O)C[C@H]2O)nc1. The zero-order valence-corrected chi connectivity index (χ0v) is 17.4. The Morgan fingerprint density at radius 3 is 2.59 bits per heavy atom. The third kappa shape index (κ3) is 7.19. The van der Waals surface area contributed by atoms with Crippen molar-refractivity contribution in [2.75, 3.05) is 0 Å². The summed E-state index contributed by atoms with van der Waals surface area (Å²) < 4.78 is 0. The highest BCUT2D eigenvalue weighted by atomic mass is 16.4. The number of carbonyl (C=O) groups is 2. The number of carbonyl (C=O) groups excluding carboxylic acids is 1. The van der Waals surface area contributed by atoms with Gasteiger partial charge in [0.1, 0.15) is 5.78 Å². The van der Waals surface area contributed by atoms with Gasteiger partial charge in [-0.3, -0.25) is 14.6 Å². The number of aromatic nitrogens is 1. The molecule has 0 saturated heterocycles. The van der Waals surface area contributed by atoms with Crippen molar-refractivity contribution >= 4 is 11.8 Å². The van der Waals surface area contributed by atoms with E-state index in [0.717, 1.165) is 44.1 Å². The summed E-state index contributed by atoms with van der Waals surface area (Å²) >= 11 is 0. The number of unbranched alkanes of at least 4 members (excludes halogenated alkanes) is 5. The molecule has 0 aliphatic heterocycles. The number of aliphatic hydroxyl groups is 2. The van der Waals surface area contributed by atoms with E-state index in [1.807, 2.05) is 12.1 Å². The number of hydrogen-bond donors (Lipinski definition) is 3. The average molecular weight is 406 g/mol. The lowest BCUT2D eigenvalue weighted by molar-refractivity contribution is -0.137. The summed E-state index contributed by atoms with van der Waals surface area (Å²) in [6.07, 6.45) is 8.58. The van der Waals surface area contributed by atoms with Crippen molar-refractivity contribution in [1.82, 2.24) is 4.98 Å². The van der Waals surface area contributed by atoms with E-state index >= 15 is 0 Å². The van der Waals surface area contributed by atoms with Crippen LogP contribution in [0.25, 0.3) is 0 Å². The number of Topliss-reactive ketones (excluding diaryl/α,β-unsaturated/α-hetero) is 1. The number of aliphatic carboxylic acids is 1. The summed E-state index contributed by atoms with van der Waals surface area (Å²) in [7, 11) is 0.